The molecule has 3 heteroatoms. The van der Waals surface area contributed by atoms with Gasteiger partial charge in [-0.2, -0.15) is 0 Å². The number of aryl methyl sites for hydroxylation is 2. The van der Waals surface area contributed by atoms with E-state index >= 15 is 0 Å². The summed E-state index contributed by atoms with van der Waals surface area (Å²) in [5, 5.41) is 7.05. The fourth-order valence-corrected chi connectivity index (χ4v) is 1.13. The molecule has 3 nitrogen and oxygen atoms in total. The quantitative estimate of drug-likeness (QED) is 0.566. The fourth-order valence-electron chi connectivity index (χ4n) is 1.13. The van der Waals surface area contributed by atoms with Crippen LogP contribution in [0.15, 0.2) is 18.2 Å². The maximum absolute atomic E-state index is 7.05. The number of ether oxygens (including phenoxy) is 1. The van der Waals surface area contributed by atoms with E-state index in [2.05, 4.69) is 0 Å². The van der Waals surface area contributed by atoms with Gasteiger partial charge in [0.25, 0.3) is 0 Å². The maximum atomic E-state index is 7.05. The van der Waals surface area contributed by atoms with Crippen LogP contribution in [0, 0.1) is 19.3 Å². The van der Waals surface area contributed by atoms with Crippen LogP contribution < -0.4 is 10.5 Å². The zero-order valence-corrected chi connectivity index (χ0v) is 8.63. The SMILES string of the molecule is Cc1ccc(C)c(OCCC(=N)N)c1. The van der Waals surface area contributed by atoms with Crippen molar-refractivity contribution >= 4 is 5.84 Å². The van der Waals surface area contributed by atoms with Crippen LogP contribution in [0.2, 0.25) is 0 Å². The Morgan fingerprint density at radius 3 is 2.79 bits per heavy atom. The van der Waals surface area contributed by atoms with Crippen LogP contribution in [-0.4, -0.2) is 12.4 Å². The zero-order chi connectivity index (χ0) is 10.6. The molecule has 1 rings (SSSR count). The van der Waals surface area contributed by atoms with Crippen molar-refractivity contribution in [3.63, 3.8) is 0 Å². The van der Waals surface area contributed by atoms with E-state index in [0.717, 1.165) is 11.3 Å². The molecule has 0 aliphatic carbocycles. The topological polar surface area (TPSA) is 59.1 Å². The van der Waals surface area contributed by atoms with Crippen molar-refractivity contribution in [2.24, 2.45) is 5.73 Å². The molecular formula is C11H16N2O. The Labute approximate surface area is 84.4 Å². The largest absolute Gasteiger partial charge is 0.493 e. The summed E-state index contributed by atoms with van der Waals surface area (Å²) >= 11 is 0. The maximum Gasteiger partial charge on any atom is 0.122 e. The lowest BCUT2D eigenvalue weighted by molar-refractivity contribution is 0.326. The third-order valence-corrected chi connectivity index (χ3v) is 1.97. The van der Waals surface area contributed by atoms with Crippen molar-refractivity contribution in [1.29, 1.82) is 5.41 Å². The van der Waals surface area contributed by atoms with Crippen LogP contribution in [0.1, 0.15) is 17.5 Å². The van der Waals surface area contributed by atoms with E-state index < -0.39 is 0 Å². The Hall–Kier alpha value is -1.51. The predicted octanol–water partition coefficient (Wildman–Crippen LogP) is 2.01. The second-order valence-corrected chi connectivity index (χ2v) is 3.39. The highest BCUT2D eigenvalue weighted by Gasteiger charge is 1.99. The van der Waals surface area contributed by atoms with Crippen molar-refractivity contribution in [2.45, 2.75) is 20.3 Å². The summed E-state index contributed by atoms with van der Waals surface area (Å²) in [5.41, 5.74) is 7.51. The number of nitrogens with one attached hydrogen (secondary N) is 1. The lowest BCUT2D eigenvalue weighted by atomic mass is 10.1. The molecule has 0 spiro atoms. The summed E-state index contributed by atoms with van der Waals surface area (Å²) in [6.45, 7) is 4.50. The van der Waals surface area contributed by atoms with Gasteiger partial charge in [0.2, 0.25) is 0 Å². The molecule has 14 heavy (non-hydrogen) atoms. The standard InChI is InChI=1S/C11H16N2O/c1-8-3-4-9(2)10(7-8)14-6-5-11(12)13/h3-4,7H,5-6H2,1-2H3,(H3,12,13). The van der Waals surface area contributed by atoms with Crippen molar-refractivity contribution in [3.8, 4) is 5.75 Å². The highest BCUT2D eigenvalue weighted by molar-refractivity contribution is 5.76. The smallest absolute Gasteiger partial charge is 0.122 e. The van der Waals surface area contributed by atoms with Gasteiger partial charge in [0.05, 0.1) is 12.4 Å². The highest BCUT2D eigenvalue weighted by atomic mass is 16.5. The first kappa shape index (κ1) is 10.6. The van der Waals surface area contributed by atoms with Gasteiger partial charge >= 0.3 is 0 Å². The van der Waals surface area contributed by atoms with Crippen LogP contribution in [0.5, 0.6) is 5.75 Å². The minimum atomic E-state index is 0.162. The van der Waals surface area contributed by atoms with Crippen LogP contribution >= 0.6 is 0 Å². The van der Waals surface area contributed by atoms with Gasteiger partial charge in [-0.3, -0.25) is 5.41 Å². The summed E-state index contributed by atoms with van der Waals surface area (Å²) in [5.74, 6) is 1.04. The number of hydrogen-bond acceptors (Lipinski definition) is 2. The monoisotopic (exact) mass is 192 g/mol. The summed E-state index contributed by atoms with van der Waals surface area (Å²) in [6, 6.07) is 6.07. The Morgan fingerprint density at radius 2 is 2.14 bits per heavy atom. The molecule has 0 heterocycles. The van der Waals surface area contributed by atoms with Crippen molar-refractivity contribution < 1.29 is 4.74 Å². The van der Waals surface area contributed by atoms with Crippen LogP contribution in [0.3, 0.4) is 0 Å². The molecule has 1 aromatic rings. The molecule has 0 amide bonds. The lowest BCUT2D eigenvalue weighted by Gasteiger charge is -2.09. The van der Waals surface area contributed by atoms with E-state index in [1.807, 2.05) is 32.0 Å². The average molecular weight is 192 g/mol. The van der Waals surface area contributed by atoms with Crippen molar-refractivity contribution in [1.82, 2.24) is 0 Å². The number of amidine groups is 1. The first-order valence-electron chi connectivity index (χ1n) is 4.62. The molecule has 0 unspecified atom stereocenters. The van der Waals surface area contributed by atoms with Crippen molar-refractivity contribution in [2.75, 3.05) is 6.61 Å². The van der Waals surface area contributed by atoms with E-state index in [4.69, 9.17) is 15.9 Å². The second-order valence-electron chi connectivity index (χ2n) is 3.39. The van der Waals surface area contributed by atoms with Crippen molar-refractivity contribution in [3.05, 3.63) is 29.3 Å². The van der Waals surface area contributed by atoms with E-state index in [0.29, 0.717) is 13.0 Å². The fraction of sp³-hybridized carbons (Fsp3) is 0.364. The Kier molecular flexibility index (Phi) is 3.51. The molecule has 0 aliphatic heterocycles. The molecule has 0 atom stereocenters. The molecule has 0 fully saturated rings. The molecule has 0 saturated carbocycles. The van der Waals surface area contributed by atoms with Crippen LogP contribution in [0.4, 0.5) is 0 Å². The van der Waals surface area contributed by atoms with E-state index in [1.54, 1.807) is 0 Å². The molecule has 0 bridgehead atoms. The van der Waals surface area contributed by atoms with Gasteiger partial charge in [0.1, 0.15) is 5.75 Å². The van der Waals surface area contributed by atoms with Crippen LogP contribution in [-0.2, 0) is 0 Å². The predicted molar refractivity (Wildman–Crippen MR) is 57.9 cm³/mol. The molecule has 1 aromatic carbocycles. The van der Waals surface area contributed by atoms with Gasteiger partial charge in [0, 0.05) is 6.42 Å². The molecule has 0 radical (unpaired) electrons. The number of benzene rings is 1. The molecule has 0 saturated heterocycles. The normalized spacial score (nSPS) is 9.86. The van der Waals surface area contributed by atoms with Gasteiger partial charge in [-0.25, -0.2) is 0 Å². The van der Waals surface area contributed by atoms with E-state index in [1.165, 1.54) is 5.56 Å². The summed E-state index contributed by atoms with van der Waals surface area (Å²) < 4.78 is 5.51. The number of nitrogens with two attached hydrogens (primary N) is 1. The number of rotatable bonds is 4. The molecule has 3 N–H and O–H groups in total. The Bertz CT molecular complexity index is 334. The van der Waals surface area contributed by atoms with Gasteiger partial charge < -0.3 is 10.5 Å². The molecule has 0 aromatic heterocycles. The molecule has 0 aliphatic rings. The van der Waals surface area contributed by atoms with Gasteiger partial charge in [-0.05, 0) is 31.0 Å². The summed E-state index contributed by atoms with van der Waals surface area (Å²) in [7, 11) is 0. The lowest BCUT2D eigenvalue weighted by Crippen LogP contribution is -2.14. The van der Waals surface area contributed by atoms with Gasteiger partial charge in [0.15, 0.2) is 0 Å². The third-order valence-electron chi connectivity index (χ3n) is 1.97. The summed E-state index contributed by atoms with van der Waals surface area (Å²) in [6.07, 6.45) is 0.480. The average Bonchev–Trinajstić information content (AvgIpc) is 2.10. The summed E-state index contributed by atoms with van der Waals surface area (Å²) in [4.78, 5) is 0. The molecule has 76 valence electrons. The first-order chi connectivity index (χ1) is 6.59. The third kappa shape index (κ3) is 3.09. The number of hydrogen-bond donors (Lipinski definition) is 2. The highest BCUT2D eigenvalue weighted by Crippen LogP contribution is 2.18. The molecular weight excluding hydrogens is 176 g/mol. The zero-order valence-electron chi connectivity index (χ0n) is 8.63. The van der Waals surface area contributed by atoms with Gasteiger partial charge in [-0.1, -0.05) is 12.1 Å². The Balaban J connectivity index is 2.57. The first-order valence-corrected chi connectivity index (χ1v) is 4.62. The minimum Gasteiger partial charge on any atom is -0.493 e. The second kappa shape index (κ2) is 4.65. The van der Waals surface area contributed by atoms with E-state index in [-0.39, 0.29) is 5.84 Å². The Morgan fingerprint density at radius 1 is 1.43 bits per heavy atom. The van der Waals surface area contributed by atoms with Gasteiger partial charge in [-0.15, -0.1) is 0 Å². The van der Waals surface area contributed by atoms with Crippen LogP contribution in [0.25, 0.3) is 0 Å². The van der Waals surface area contributed by atoms with E-state index in [9.17, 15) is 0 Å². The minimum absolute atomic E-state index is 0.162.